The average Bonchev–Trinajstić information content (AvgIpc) is 2.47. The van der Waals surface area contributed by atoms with Crippen molar-refractivity contribution in [1.29, 1.82) is 0 Å². The van der Waals surface area contributed by atoms with Gasteiger partial charge < -0.3 is 10.1 Å². The molecule has 0 aliphatic rings. The molecular formula is C14H14BrN3O3. The Morgan fingerprint density at radius 3 is 2.76 bits per heavy atom. The van der Waals surface area contributed by atoms with Gasteiger partial charge in [-0.05, 0) is 27.1 Å². The zero-order chi connectivity index (χ0) is 15.2. The Bertz CT molecular complexity index is 649. The molecule has 0 bridgehead atoms. The Morgan fingerprint density at radius 2 is 2.10 bits per heavy atom. The van der Waals surface area contributed by atoms with Gasteiger partial charge in [-0.15, -0.1) is 0 Å². The van der Waals surface area contributed by atoms with Gasteiger partial charge in [-0.2, -0.15) is 0 Å². The summed E-state index contributed by atoms with van der Waals surface area (Å²) in [6, 6.07) is 9.18. The van der Waals surface area contributed by atoms with Crippen molar-refractivity contribution in [3.63, 3.8) is 0 Å². The monoisotopic (exact) mass is 351 g/mol. The molecule has 1 heterocycles. The van der Waals surface area contributed by atoms with Gasteiger partial charge in [0.15, 0.2) is 0 Å². The standard InChI is InChI=1S/C14H14BrN3O3/c1-21-9-11-5-3-2-4-10(11)7-16-14-13(18(19)20)6-12(15)8-17-14/h2-6,8H,7,9H2,1H3,(H,16,17). The second-order valence-electron chi connectivity index (χ2n) is 4.33. The zero-order valence-electron chi connectivity index (χ0n) is 11.4. The van der Waals surface area contributed by atoms with Gasteiger partial charge in [-0.25, -0.2) is 4.98 Å². The van der Waals surface area contributed by atoms with Gasteiger partial charge in [-0.1, -0.05) is 24.3 Å². The molecule has 1 N–H and O–H groups in total. The minimum atomic E-state index is -0.457. The third kappa shape index (κ3) is 3.99. The molecule has 0 amide bonds. The summed E-state index contributed by atoms with van der Waals surface area (Å²) < 4.78 is 5.71. The minimum Gasteiger partial charge on any atom is -0.380 e. The number of hydrogen-bond donors (Lipinski definition) is 1. The number of nitro groups is 1. The van der Waals surface area contributed by atoms with Crippen LogP contribution in [0.5, 0.6) is 0 Å². The molecule has 0 aliphatic carbocycles. The number of methoxy groups -OCH3 is 1. The fourth-order valence-electron chi connectivity index (χ4n) is 1.91. The van der Waals surface area contributed by atoms with Crippen molar-refractivity contribution in [3.05, 3.63) is 62.2 Å². The van der Waals surface area contributed by atoms with Crippen molar-refractivity contribution in [2.45, 2.75) is 13.2 Å². The second-order valence-corrected chi connectivity index (χ2v) is 5.25. The molecule has 21 heavy (non-hydrogen) atoms. The van der Waals surface area contributed by atoms with Crippen molar-refractivity contribution in [2.24, 2.45) is 0 Å². The highest BCUT2D eigenvalue weighted by Gasteiger charge is 2.15. The number of ether oxygens (including phenoxy) is 1. The average molecular weight is 352 g/mol. The maximum absolute atomic E-state index is 11.0. The summed E-state index contributed by atoms with van der Waals surface area (Å²) in [7, 11) is 1.63. The van der Waals surface area contributed by atoms with E-state index >= 15 is 0 Å². The van der Waals surface area contributed by atoms with Crippen LogP contribution < -0.4 is 5.32 Å². The first kappa shape index (κ1) is 15.4. The van der Waals surface area contributed by atoms with Crippen molar-refractivity contribution >= 4 is 27.4 Å². The number of pyridine rings is 1. The lowest BCUT2D eigenvalue weighted by atomic mass is 10.1. The SMILES string of the molecule is COCc1ccccc1CNc1ncc(Br)cc1[N+](=O)[O-]. The third-order valence-corrected chi connectivity index (χ3v) is 3.33. The second kappa shape index (κ2) is 7.14. The summed E-state index contributed by atoms with van der Waals surface area (Å²) >= 11 is 3.18. The van der Waals surface area contributed by atoms with Crippen LogP contribution in [0.1, 0.15) is 11.1 Å². The van der Waals surface area contributed by atoms with E-state index in [9.17, 15) is 10.1 Å². The smallest absolute Gasteiger partial charge is 0.312 e. The Hall–Kier alpha value is -1.99. The van der Waals surface area contributed by atoms with Gasteiger partial charge in [0, 0.05) is 30.4 Å². The highest BCUT2D eigenvalue weighted by atomic mass is 79.9. The predicted octanol–water partition coefficient (Wildman–Crippen LogP) is 3.51. The van der Waals surface area contributed by atoms with Gasteiger partial charge in [0.1, 0.15) is 0 Å². The summed E-state index contributed by atoms with van der Waals surface area (Å²) in [5, 5.41) is 14.0. The molecule has 0 radical (unpaired) electrons. The molecule has 0 unspecified atom stereocenters. The first-order valence-electron chi connectivity index (χ1n) is 6.21. The first-order valence-corrected chi connectivity index (χ1v) is 7.00. The first-order chi connectivity index (χ1) is 10.1. The molecule has 6 nitrogen and oxygen atoms in total. The van der Waals surface area contributed by atoms with E-state index < -0.39 is 4.92 Å². The van der Waals surface area contributed by atoms with E-state index in [-0.39, 0.29) is 11.5 Å². The van der Waals surface area contributed by atoms with Gasteiger partial charge in [-0.3, -0.25) is 10.1 Å². The Labute approximate surface area is 130 Å². The Balaban J connectivity index is 2.19. The van der Waals surface area contributed by atoms with Crippen LogP contribution in [0, 0.1) is 10.1 Å². The fourth-order valence-corrected chi connectivity index (χ4v) is 2.23. The number of aromatic nitrogens is 1. The van der Waals surface area contributed by atoms with Crippen LogP contribution in [0.4, 0.5) is 11.5 Å². The molecule has 0 aliphatic heterocycles. The number of hydrogen-bond acceptors (Lipinski definition) is 5. The topological polar surface area (TPSA) is 77.3 Å². The van der Waals surface area contributed by atoms with Gasteiger partial charge in [0.25, 0.3) is 0 Å². The van der Waals surface area contributed by atoms with Crippen LogP contribution in [-0.2, 0) is 17.9 Å². The van der Waals surface area contributed by atoms with E-state index in [4.69, 9.17) is 4.74 Å². The number of nitrogens with one attached hydrogen (secondary N) is 1. The van der Waals surface area contributed by atoms with Gasteiger partial charge in [0.05, 0.1) is 11.5 Å². The maximum atomic E-state index is 11.0. The summed E-state index contributed by atoms with van der Waals surface area (Å²) in [5.41, 5.74) is 1.99. The molecule has 1 aromatic heterocycles. The minimum absolute atomic E-state index is 0.0615. The van der Waals surface area contributed by atoms with Crippen molar-refractivity contribution in [2.75, 3.05) is 12.4 Å². The van der Waals surface area contributed by atoms with Crippen molar-refractivity contribution in [1.82, 2.24) is 4.98 Å². The maximum Gasteiger partial charge on any atom is 0.312 e. The molecule has 1 aromatic carbocycles. The van der Waals surface area contributed by atoms with Crippen molar-refractivity contribution in [3.8, 4) is 0 Å². The summed E-state index contributed by atoms with van der Waals surface area (Å²) in [6.45, 7) is 0.933. The summed E-state index contributed by atoms with van der Waals surface area (Å²) in [5.74, 6) is 0.246. The molecule has 0 atom stereocenters. The summed E-state index contributed by atoms with van der Waals surface area (Å²) in [4.78, 5) is 14.6. The van der Waals surface area contributed by atoms with E-state index in [2.05, 4.69) is 26.2 Å². The highest BCUT2D eigenvalue weighted by Crippen LogP contribution is 2.26. The van der Waals surface area contributed by atoms with Crippen LogP contribution in [-0.4, -0.2) is 17.0 Å². The molecule has 7 heteroatoms. The van der Waals surface area contributed by atoms with E-state index in [1.54, 1.807) is 7.11 Å². The molecule has 0 saturated heterocycles. The van der Waals surface area contributed by atoms with E-state index in [0.717, 1.165) is 11.1 Å². The number of benzene rings is 1. The normalized spacial score (nSPS) is 10.4. The lowest BCUT2D eigenvalue weighted by molar-refractivity contribution is -0.384. The van der Waals surface area contributed by atoms with Gasteiger partial charge in [0.2, 0.25) is 5.82 Å². The molecular weight excluding hydrogens is 338 g/mol. The molecule has 0 saturated carbocycles. The van der Waals surface area contributed by atoms with E-state index in [1.165, 1.54) is 12.3 Å². The summed E-state index contributed by atoms with van der Waals surface area (Å²) in [6.07, 6.45) is 1.52. The quantitative estimate of drug-likeness (QED) is 0.636. The van der Waals surface area contributed by atoms with Crippen molar-refractivity contribution < 1.29 is 9.66 Å². The fraction of sp³-hybridized carbons (Fsp3) is 0.214. The van der Waals surface area contributed by atoms with Crippen LogP contribution >= 0.6 is 15.9 Å². The predicted molar refractivity (Wildman–Crippen MR) is 83.1 cm³/mol. The zero-order valence-corrected chi connectivity index (χ0v) is 13.0. The van der Waals surface area contributed by atoms with E-state index in [0.29, 0.717) is 17.6 Å². The molecule has 2 rings (SSSR count). The lowest BCUT2D eigenvalue weighted by Gasteiger charge is -2.10. The number of halogens is 1. The third-order valence-electron chi connectivity index (χ3n) is 2.90. The van der Waals surface area contributed by atoms with Crippen LogP contribution in [0.3, 0.4) is 0 Å². The molecule has 0 spiro atoms. The largest absolute Gasteiger partial charge is 0.380 e. The van der Waals surface area contributed by atoms with Crippen LogP contribution in [0.25, 0.3) is 0 Å². The molecule has 2 aromatic rings. The number of nitrogens with zero attached hydrogens (tertiary/aromatic N) is 2. The van der Waals surface area contributed by atoms with Crippen LogP contribution in [0.2, 0.25) is 0 Å². The Morgan fingerprint density at radius 1 is 1.38 bits per heavy atom. The number of anilines is 1. The highest BCUT2D eigenvalue weighted by molar-refractivity contribution is 9.10. The lowest BCUT2D eigenvalue weighted by Crippen LogP contribution is -2.07. The van der Waals surface area contributed by atoms with Crippen LogP contribution in [0.15, 0.2) is 41.0 Å². The number of rotatable bonds is 6. The molecule has 0 fully saturated rings. The van der Waals surface area contributed by atoms with E-state index in [1.807, 2.05) is 24.3 Å². The Kier molecular flexibility index (Phi) is 5.24. The van der Waals surface area contributed by atoms with Gasteiger partial charge >= 0.3 is 5.69 Å². The molecule has 110 valence electrons.